The monoisotopic (exact) mass is 833 g/mol. The van der Waals surface area contributed by atoms with E-state index in [1.54, 1.807) is 0 Å². The van der Waals surface area contributed by atoms with Gasteiger partial charge < -0.3 is 9.32 Å². The maximum Gasteiger partial charge on any atom is 0.136 e. The number of furan rings is 1. The van der Waals surface area contributed by atoms with Crippen LogP contribution < -0.4 is 4.90 Å². The third-order valence-corrected chi connectivity index (χ3v) is 14.5. The van der Waals surface area contributed by atoms with Gasteiger partial charge in [-0.05, 0) is 116 Å². The van der Waals surface area contributed by atoms with Crippen LogP contribution in [-0.4, -0.2) is 0 Å². The Morgan fingerprint density at radius 3 is 1.53 bits per heavy atom. The van der Waals surface area contributed by atoms with Crippen molar-refractivity contribution in [3.8, 4) is 33.4 Å². The highest BCUT2D eigenvalue weighted by Gasteiger charge is 2.45. The van der Waals surface area contributed by atoms with E-state index in [2.05, 4.69) is 241 Å². The molecule has 0 aliphatic heterocycles. The Bertz CT molecular complexity index is 3510. The predicted octanol–water partition coefficient (Wildman–Crippen LogP) is 17.1. The zero-order chi connectivity index (χ0) is 42.2. The standard InChI is InChI=1S/C61H39NOS/c1-4-16-40(17-5-1)47-24-14-28-56-59(47)51-38-45(34-36-55(51)63-56)62(46-35-37-57-52(39-46)60-48(25-15-29-58(60)64-57)41-18-6-2-7-19-41)44-32-30-43(31-33-44)61(42-20-8-3-9-21-42)53-26-12-10-22-49(53)50-23-11-13-27-54(50)61/h1-39H. The van der Waals surface area contributed by atoms with Crippen LogP contribution in [0.25, 0.3) is 75.5 Å². The molecule has 0 bridgehead atoms. The highest BCUT2D eigenvalue weighted by molar-refractivity contribution is 7.26. The summed E-state index contributed by atoms with van der Waals surface area (Å²) in [4.78, 5) is 2.42. The molecule has 3 heteroatoms. The van der Waals surface area contributed by atoms with Crippen molar-refractivity contribution in [1.29, 1.82) is 0 Å². The van der Waals surface area contributed by atoms with Gasteiger partial charge in [-0.1, -0.05) is 176 Å². The van der Waals surface area contributed by atoms with E-state index in [1.165, 1.54) is 70.2 Å². The molecule has 0 spiro atoms. The van der Waals surface area contributed by atoms with Crippen molar-refractivity contribution in [3.05, 3.63) is 259 Å². The number of fused-ring (bicyclic) bond motifs is 9. The van der Waals surface area contributed by atoms with Gasteiger partial charge >= 0.3 is 0 Å². The number of hydrogen-bond donors (Lipinski definition) is 0. The van der Waals surface area contributed by atoms with E-state index in [0.29, 0.717) is 0 Å². The van der Waals surface area contributed by atoms with Crippen molar-refractivity contribution in [2.75, 3.05) is 4.90 Å². The van der Waals surface area contributed by atoms with Gasteiger partial charge in [0.25, 0.3) is 0 Å². The molecule has 0 fully saturated rings. The summed E-state index contributed by atoms with van der Waals surface area (Å²) in [7, 11) is 0. The van der Waals surface area contributed by atoms with Crippen molar-refractivity contribution in [1.82, 2.24) is 0 Å². The lowest BCUT2D eigenvalue weighted by atomic mass is 9.68. The van der Waals surface area contributed by atoms with Crippen LogP contribution in [0.4, 0.5) is 17.1 Å². The minimum absolute atomic E-state index is 0.484. The topological polar surface area (TPSA) is 16.4 Å². The molecule has 0 unspecified atom stereocenters. The minimum atomic E-state index is -0.484. The van der Waals surface area contributed by atoms with Gasteiger partial charge in [0.1, 0.15) is 11.2 Å². The molecule has 2 aromatic heterocycles. The summed E-state index contributed by atoms with van der Waals surface area (Å²) in [5.74, 6) is 0. The third-order valence-electron chi connectivity index (χ3n) is 13.4. The van der Waals surface area contributed by atoms with Crippen molar-refractivity contribution in [2.24, 2.45) is 0 Å². The molecule has 0 saturated carbocycles. The van der Waals surface area contributed by atoms with Gasteiger partial charge in [-0.3, -0.25) is 0 Å². The van der Waals surface area contributed by atoms with Crippen LogP contribution in [0.2, 0.25) is 0 Å². The molecule has 10 aromatic carbocycles. The fourth-order valence-electron chi connectivity index (χ4n) is 10.6. The summed E-state index contributed by atoms with van der Waals surface area (Å²) >= 11 is 1.86. The second-order valence-electron chi connectivity index (χ2n) is 16.7. The van der Waals surface area contributed by atoms with Crippen LogP contribution in [0.1, 0.15) is 22.3 Å². The molecule has 0 N–H and O–H groups in total. The molecule has 0 saturated heterocycles. The maximum atomic E-state index is 6.58. The molecule has 0 atom stereocenters. The van der Waals surface area contributed by atoms with Gasteiger partial charge in [0.2, 0.25) is 0 Å². The van der Waals surface area contributed by atoms with Gasteiger partial charge in [0.05, 0.1) is 5.41 Å². The van der Waals surface area contributed by atoms with Crippen LogP contribution >= 0.6 is 11.3 Å². The Hall–Kier alpha value is -7.98. The van der Waals surface area contributed by atoms with E-state index in [0.717, 1.165) is 44.6 Å². The molecule has 2 heterocycles. The number of hydrogen-bond acceptors (Lipinski definition) is 3. The summed E-state index contributed by atoms with van der Waals surface area (Å²) in [6.45, 7) is 0. The van der Waals surface area contributed by atoms with Gasteiger partial charge in [0, 0.05) is 48.0 Å². The van der Waals surface area contributed by atoms with Crippen molar-refractivity contribution in [3.63, 3.8) is 0 Å². The summed E-state index contributed by atoms with van der Waals surface area (Å²) < 4.78 is 9.13. The van der Waals surface area contributed by atoms with Gasteiger partial charge in [-0.2, -0.15) is 0 Å². The Morgan fingerprint density at radius 2 is 0.859 bits per heavy atom. The largest absolute Gasteiger partial charge is 0.456 e. The number of nitrogens with zero attached hydrogens (tertiary/aromatic N) is 1. The Morgan fingerprint density at radius 1 is 0.344 bits per heavy atom. The third kappa shape index (κ3) is 5.51. The lowest BCUT2D eigenvalue weighted by Gasteiger charge is -2.34. The summed E-state index contributed by atoms with van der Waals surface area (Å²) in [6.07, 6.45) is 0. The average molecular weight is 834 g/mol. The summed E-state index contributed by atoms with van der Waals surface area (Å²) in [5.41, 5.74) is 17.0. The Kier molecular flexibility index (Phi) is 8.34. The number of thiophene rings is 1. The molecule has 64 heavy (non-hydrogen) atoms. The van der Waals surface area contributed by atoms with E-state index in [-0.39, 0.29) is 0 Å². The Balaban J connectivity index is 1.04. The highest BCUT2D eigenvalue weighted by atomic mass is 32.1. The smallest absolute Gasteiger partial charge is 0.136 e. The number of rotatable bonds is 7. The van der Waals surface area contributed by atoms with Crippen LogP contribution in [0, 0.1) is 0 Å². The molecule has 1 aliphatic carbocycles. The molecular weight excluding hydrogens is 795 g/mol. The first-order valence-electron chi connectivity index (χ1n) is 21.9. The first-order valence-corrected chi connectivity index (χ1v) is 22.7. The molecular formula is C61H39NOS. The second kappa shape index (κ2) is 14.6. The summed E-state index contributed by atoms with van der Waals surface area (Å²) in [5, 5.41) is 4.75. The minimum Gasteiger partial charge on any atom is -0.456 e. The van der Waals surface area contributed by atoms with Crippen LogP contribution in [0.3, 0.4) is 0 Å². The normalized spacial score (nSPS) is 12.8. The zero-order valence-electron chi connectivity index (χ0n) is 34.8. The SMILES string of the molecule is c1ccc(-c2cccc3oc4ccc(N(c5ccc(C6(c7ccccc7)c7ccccc7-c7ccccc76)cc5)c5ccc6sc7cccc(-c8ccccc8)c7c6c5)cc4c23)cc1. The quantitative estimate of drug-likeness (QED) is 0.159. The van der Waals surface area contributed by atoms with E-state index in [9.17, 15) is 0 Å². The lowest BCUT2D eigenvalue weighted by Crippen LogP contribution is -2.28. The van der Waals surface area contributed by atoms with Crippen LogP contribution in [-0.2, 0) is 5.41 Å². The first-order chi connectivity index (χ1) is 31.7. The zero-order valence-corrected chi connectivity index (χ0v) is 35.6. The van der Waals surface area contributed by atoms with Crippen molar-refractivity contribution < 1.29 is 4.42 Å². The lowest BCUT2D eigenvalue weighted by molar-refractivity contribution is 0.669. The number of benzene rings is 10. The molecule has 12 aromatic rings. The molecule has 300 valence electrons. The highest BCUT2D eigenvalue weighted by Crippen LogP contribution is 2.56. The van der Waals surface area contributed by atoms with Gasteiger partial charge in [0.15, 0.2) is 0 Å². The molecule has 0 amide bonds. The van der Waals surface area contributed by atoms with Gasteiger partial charge in [-0.15, -0.1) is 11.3 Å². The van der Waals surface area contributed by atoms with E-state index in [1.807, 2.05) is 11.3 Å². The number of anilines is 3. The van der Waals surface area contributed by atoms with E-state index >= 15 is 0 Å². The molecule has 13 rings (SSSR count). The van der Waals surface area contributed by atoms with Crippen molar-refractivity contribution in [2.45, 2.75) is 5.41 Å². The fraction of sp³-hybridized carbons (Fsp3) is 0.0164. The molecule has 2 nitrogen and oxygen atoms in total. The second-order valence-corrected chi connectivity index (χ2v) is 17.8. The van der Waals surface area contributed by atoms with E-state index < -0.39 is 5.41 Å². The summed E-state index contributed by atoms with van der Waals surface area (Å²) in [6, 6.07) is 86.5. The predicted molar refractivity (Wildman–Crippen MR) is 269 cm³/mol. The van der Waals surface area contributed by atoms with Crippen LogP contribution in [0.15, 0.2) is 241 Å². The molecule has 0 radical (unpaired) electrons. The van der Waals surface area contributed by atoms with Crippen molar-refractivity contribution >= 4 is 70.5 Å². The van der Waals surface area contributed by atoms with Gasteiger partial charge in [-0.25, -0.2) is 0 Å². The van der Waals surface area contributed by atoms with E-state index in [4.69, 9.17) is 4.42 Å². The fourth-order valence-corrected chi connectivity index (χ4v) is 11.8. The molecule has 1 aliphatic rings. The average Bonchev–Trinajstić information content (AvgIpc) is 4.03. The van der Waals surface area contributed by atoms with Crippen LogP contribution in [0.5, 0.6) is 0 Å². The maximum absolute atomic E-state index is 6.58. The Labute approximate surface area is 375 Å². The first kappa shape index (κ1) is 36.7.